The van der Waals surface area contributed by atoms with Gasteiger partial charge in [0, 0.05) is 17.5 Å². The first-order valence-corrected chi connectivity index (χ1v) is 8.63. The highest BCUT2D eigenvalue weighted by atomic mass is 19.4. The molecule has 4 atom stereocenters. The predicted octanol–water partition coefficient (Wildman–Crippen LogP) is 3.49. The van der Waals surface area contributed by atoms with Crippen molar-refractivity contribution in [3.05, 3.63) is 23.4 Å². The molecule has 1 amide bonds. The molecule has 0 radical (unpaired) electrons. The van der Waals surface area contributed by atoms with Crippen molar-refractivity contribution in [3.63, 3.8) is 0 Å². The summed E-state index contributed by atoms with van der Waals surface area (Å²) in [6, 6.07) is 0. The van der Waals surface area contributed by atoms with Crippen LogP contribution in [-0.2, 0) is 14.3 Å². The molecule has 2 aliphatic carbocycles. The molecule has 25 heavy (non-hydrogen) atoms. The maximum atomic E-state index is 13.5. The van der Waals surface area contributed by atoms with Gasteiger partial charge in [-0.25, -0.2) is 0 Å². The molecular weight excluding hydrogens is 335 g/mol. The summed E-state index contributed by atoms with van der Waals surface area (Å²) in [5, 5.41) is 2.85. The fourth-order valence-corrected chi connectivity index (χ4v) is 4.51. The number of amides is 1. The molecule has 3 aliphatic rings. The first kappa shape index (κ1) is 18.0. The van der Waals surface area contributed by atoms with E-state index in [2.05, 4.69) is 5.32 Å². The molecule has 1 saturated heterocycles. The summed E-state index contributed by atoms with van der Waals surface area (Å²) in [5.41, 5.74) is 1.07. The van der Waals surface area contributed by atoms with Crippen LogP contribution in [0.3, 0.4) is 0 Å². The van der Waals surface area contributed by atoms with Crippen LogP contribution >= 0.6 is 0 Å². The van der Waals surface area contributed by atoms with Crippen LogP contribution < -0.4 is 5.32 Å². The molecule has 1 heterocycles. The Kier molecular flexibility index (Phi) is 4.45. The lowest BCUT2D eigenvalue weighted by Crippen LogP contribution is -2.50. The third-order valence-electron chi connectivity index (χ3n) is 5.77. The number of carbonyl (C=O) groups is 2. The minimum atomic E-state index is -4.45. The van der Waals surface area contributed by atoms with Gasteiger partial charge in [-0.2, -0.15) is 13.2 Å². The van der Waals surface area contributed by atoms with Crippen molar-refractivity contribution >= 4 is 11.9 Å². The van der Waals surface area contributed by atoms with Crippen molar-refractivity contribution in [1.82, 2.24) is 5.32 Å². The van der Waals surface area contributed by atoms with Crippen molar-refractivity contribution in [2.75, 3.05) is 6.61 Å². The number of carbonyl (C=O) groups excluding carboxylic acids is 2. The second kappa shape index (κ2) is 6.18. The van der Waals surface area contributed by atoms with Crippen LogP contribution in [0, 0.1) is 23.2 Å². The second-order valence-electron chi connectivity index (χ2n) is 7.16. The molecule has 0 bridgehead atoms. The number of esters is 1. The quantitative estimate of drug-likeness (QED) is 0.608. The number of hydrogen-bond donors (Lipinski definition) is 1. The van der Waals surface area contributed by atoms with Crippen LogP contribution in [-0.4, -0.2) is 24.7 Å². The van der Waals surface area contributed by atoms with Crippen molar-refractivity contribution in [2.24, 2.45) is 23.2 Å². The second-order valence-corrected chi connectivity index (χ2v) is 7.16. The minimum absolute atomic E-state index is 0.0556. The van der Waals surface area contributed by atoms with Gasteiger partial charge in [-0.05, 0) is 32.1 Å². The zero-order valence-electron chi connectivity index (χ0n) is 14.3. The number of allylic oxidation sites excluding steroid dienone is 3. The zero-order chi connectivity index (χ0) is 18.4. The van der Waals surface area contributed by atoms with Gasteiger partial charge in [0.2, 0.25) is 5.91 Å². The predicted molar refractivity (Wildman–Crippen MR) is 84.0 cm³/mol. The Hall–Kier alpha value is -1.79. The molecule has 1 N–H and O–H groups in total. The average molecular weight is 357 g/mol. The topological polar surface area (TPSA) is 55.4 Å². The van der Waals surface area contributed by atoms with Gasteiger partial charge < -0.3 is 10.1 Å². The maximum Gasteiger partial charge on any atom is 0.392 e. The fourth-order valence-electron chi connectivity index (χ4n) is 4.51. The van der Waals surface area contributed by atoms with Crippen LogP contribution in [0.25, 0.3) is 0 Å². The van der Waals surface area contributed by atoms with Gasteiger partial charge in [0.1, 0.15) is 0 Å². The Labute approximate surface area is 144 Å². The van der Waals surface area contributed by atoms with E-state index in [1.165, 1.54) is 0 Å². The van der Waals surface area contributed by atoms with Crippen LogP contribution in [0.1, 0.15) is 39.5 Å². The number of alkyl halides is 3. The third kappa shape index (κ3) is 2.98. The van der Waals surface area contributed by atoms with E-state index >= 15 is 0 Å². The molecule has 0 spiro atoms. The number of nitrogens with one attached hydrogen (secondary N) is 1. The first-order valence-electron chi connectivity index (χ1n) is 8.63. The molecule has 0 saturated carbocycles. The van der Waals surface area contributed by atoms with E-state index in [4.69, 9.17) is 4.74 Å². The van der Waals surface area contributed by atoms with Gasteiger partial charge in [-0.1, -0.05) is 24.6 Å². The first-order chi connectivity index (χ1) is 11.7. The standard InChI is InChI=1S/C18H22F3NO3/c1-3-25-16(24)15-10-4-7-13-17(2,9-8-14(23)22-13)11(10)5-6-12(15)18(19,20)21/h5,7,10,12,15H,3-4,6,8-9H2,1-2H3,(H,22,23)/t10?,12?,15?,17-/m1/s1. The van der Waals surface area contributed by atoms with Crippen molar-refractivity contribution in [2.45, 2.75) is 45.7 Å². The largest absolute Gasteiger partial charge is 0.466 e. The van der Waals surface area contributed by atoms with Gasteiger partial charge in [-0.3, -0.25) is 9.59 Å². The monoisotopic (exact) mass is 357 g/mol. The molecule has 1 fully saturated rings. The Morgan fingerprint density at radius 2 is 2.08 bits per heavy atom. The van der Waals surface area contributed by atoms with Gasteiger partial charge in [0.15, 0.2) is 0 Å². The molecule has 4 nitrogen and oxygen atoms in total. The number of halogens is 3. The number of fused-ring (bicyclic) bond motifs is 3. The zero-order valence-corrected chi connectivity index (χ0v) is 14.3. The third-order valence-corrected chi connectivity index (χ3v) is 5.77. The molecule has 0 aromatic rings. The Morgan fingerprint density at radius 1 is 1.36 bits per heavy atom. The van der Waals surface area contributed by atoms with Crippen LogP contribution in [0.4, 0.5) is 13.2 Å². The van der Waals surface area contributed by atoms with Gasteiger partial charge in [-0.15, -0.1) is 0 Å². The summed E-state index contributed by atoms with van der Waals surface area (Å²) in [6.45, 7) is 3.59. The summed E-state index contributed by atoms with van der Waals surface area (Å²) in [4.78, 5) is 24.1. The van der Waals surface area contributed by atoms with Crippen molar-refractivity contribution in [3.8, 4) is 0 Å². The number of rotatable bonds is 2. The summed E-state index contributed by atoms with van der Waals surface area (Å²) in [7, 11) is 0. The smallest absolute Gasteiger partial charge is 0.392 e. The van der Waals surface area contributed by atoms with Crippen LogP contribution in [0.2, 0.25) is 0 Å². The molecule has 0 aromatic carbocycles. The molecule has 0 aromatic heterocycles. The molecule has 3 rings (SSSR count). The summed E-state index contributed by atoms with van der Waals surface area (Å²) < 4.78 is 45.5. The van der Waals surface area contributed by atoms with E-state index in [0.717, 1.165) is 11.3 Å². The lowest BCUT2D eigenvalue weighted by molar-refractivity contribution is -0.204. The highest BCUT2D eigenvalue weighted by Crippen LogP contribution is 2.56. The molecule has 1 aliphatic heterocycles. The van der Waals surface area contributed by atoms with E-state index in [-0.39, 0.29) is 18.9 Å². The minimum Gasteiger partial charge on any atom is -0.466 e. The Bertz CT molecular complexity index is 652. The van der Waals surface area contributed by atoms with Crippen LogP contribution in [0.15, 0.2) is 23.4 Å². The molecule has 3 unspecified atom stereocenters. The normalized spacial score (nSPS) is 34.9. The van der Waals surface area contributed by atoms with E-state index in [9.17, 15) is 22.8 Å². The van der Waals surface area contributed by atoms with E-state index < -0.39 is 35.3 Å². The Balaban J connectivity index is 2.02. The highest BCUT2D eigenvalue weighted by Gasteiger charge is 2.56. The van der Waals surface area contributed by atoms with Crippen LogP contribution in [0.5, 0.6) is 0 Å². The Morgan fingerprint density at radius 3 is 2.72 bits per heavy atom. The SMILES string of the molecule is CCOC(=O)C1C2CC=C3NC(=O)CC[C@]3(C)C2=CCC1C(F)(F)F. The van der Waals surface area contributed by atoms with E-state index in [1.807, 2.05) is 6.92 Å². The van der Waals surface area contributed by atoms with Crippen molar-refractivity contribution < 1.29 is 27.5 Å². The lowest BCUT2D eigenvalue weighted by atomic mass is 9.57. The highest BCUT2D eigenvalue weighted by molar-refractivity contribution is 5.80. The number of piperidine rings is 1. The van der Waals surface area contributed by atoms with Gasteiger partial charge in [0.05, 0.1) is 18.4 Å². The summed E-state index contributed by atoms with van der Waals surface area (Å²) in [6.07, 6.45) is -0.0924. The molecule has 138 valence electrons. The lowest BCUT2D eigenvalue weighted by Gasteiger charge is -2.49. The average Bonchev–Trinajstić information content (AvgIpc) is 2.54. The van der Waals surface area contributed by atoms with Gasteiger partial charge in [0.25, 0.3) is 0 Å². The summed E-state index contributed by atoms with van der Waals surface area (Å²) in [5.74, 6) is -4.35. The van der Waals surface area contributed by atoms with Crippen molar-refractivity contribution in [1.29, 1.82) is 0 Å². The van der Waals surface area contributed by atoms with E-state index in [1.54, 1.807) is 19.1 Å². The van der Waals surface area contributed by atoms with E-state index in [0.29, 0.717) is 19.3 Å². The summed E-state index contributed by atoms with van der Waals surface area (Å²) >= 11 is 0. The number of ether oxygens (including phenoxy) is 1. The van der Waals surface area contributed by atoms with Gasteiger partial charge >= 0.3 is 12.1 Å². The number of hydrogen-bond acceptors (Lipinski definition) is 3. The maximum absolute atomic E-state index is 13.5. The molecular formula is C18H22F3NO3. The fraction of sp³-hybridized carbons (Fsp3) is 0.667. The molecule has 7 heteroatoms.